The maximum Gasteiger partial charge on any atom is 0.234 e. The van der Waals surface area contributed by atoms with Crippen LogP contribution in [0.25, 0.3) is 90.0 Å². The summed E-state index contributed by atoms with van der Waals surface area (Å²) in [5.41, 5.74) is 13.6. The number of rotatable bonds is 6. The number of benzene rings is 6. The zero-order chi connectivity index (χ0) is 37.9. The summed E-state index contributed by atoms with van der Waals surface area (Å²) in [5.74, 6) is 0.913. The fourth-order valence-corrected chi connectivity index (χ4v) is 8.76. The lowest BCUT2D eigenvalue weighted by atomic mass is 9.90. The summed E-state index contributed by atoms with van der Waals surface area (Å²) >= 11 is 0. The van der Waals surface area contributed by atoms with E-state index >= 15 is 0 Å². The Bertz CT molecular complexity index is 3250. The number of nitrogens with zero attached hydrogens (tertiary/aromatic N) is 5. The molecule has 4 aromatic heterocycles. The monoisotopic (exact) mass is 731 g/mol. The summed E-state index contributed by atoms with van der Waals surface area (Å²) in [6, 6.07) is 56.1. The van der Waals surface area contributed by atoms with Gasteiger partial charge in [0, 0.05) is 68.3 Å². The van der Waals surface area contributed by atoms with Gasteiger partial charge in [-0.2, -0.15) is 0 Å². The molecule has 11 rings (SSSR count). The molecule has 1 aliphatic rings. The largest absolute Gasteiger partial charge is 0.309 e. The second-order valence-corrected chi connectivity index (χ2v) is 14.9. The molecule has 270 valence electrons. The second kappa shape index (κ2) is 13.4. The van der Waals surface area contributed by atoms with E-state index < -0.39 is 0 Å². The van der Waals surface area contributed by atoms with Crippen molar-refractivity contribution in [3.8, 4) is 45.1 Å². The highest BCUT2D eigenvalue weighted by molar-refractivity contribution is 6.09. The molecule has 0 bridgehead atoms. The molecule has 5 heteroatoms. The molecule has 0 amide bonds. The van der Waals surface area contributed by atoms with Crippen LogP contribution in [0.4, 0.5) is 0 Å². The Morgan fingerprint density at radius 2 is 1.11 bits per heavy atom. The molecule has 4 heterocycles. The van der Waals surface area contributed by atoms with Crippen molar-refractivity contribution in [2.45, 2.75) is 19.3 Å². The van der Waals surface area contributed by atoms with Crippen molar-refractivity contribution in [3.05, 3.63) is 198 Å². The Morgan fingerprint density at radius 1 is 0.491 bits per heavy atom. The van der Waals surface area contributed by atoms with E-state index in [1.807, 2.05) is 24.7 Å². The summed E-state index contributed by atoms with van der Waals surface area (Å²) in [4.78, 5) is 14.8. The fraction of sp³-hybridized carbons (Fsp3) is 0.0577. The summed E-state index contributed by atoms with van der Waals surface area (Å²) in [6.07, 6.45) is 11.5. The van der Waals surface area contributed by atoms with Crippen molar-refractivity contribution in [1.82, 2.24) is 24.1 Å². The van der Waals surface area contributed by atoms with Gasteiger partial charge in [-0.15, -0.1) is 0 Å². The average Bonchev–Trinajstić information content (AvgIpc) is 3.79. The minimum absolute atomic E-state index is 0.243. The van der Waals surface area contributed by atoms with E-state index in [0.717, 1.165) is 50.8 Å². The Kier molecular flexibility index (Phi) is 7.78. The lowest BCUT2D eigenvalue weighted by molar-refractivity contribution is 0.886. The lowest BCUT2D eigenvalue weighted by Crippen LogP contribution is -2.32. The van der Waals surface area contributed by atoms with Gasteiger partial charge in [0.2, 0.25) is 5.95 Å². The number of para-hydroxylation sites is 3. The Labute approximate surface area is 330 Å². The summed E-state index contributed by atoms with van der Waals surface area (Å²) in [6.45, 7) is 2.12. The normalized spacial score (nSPS) is 13.7. The van der Waals surface area contributed by atoms with Gasteiger partial charge in [-0.25, -0.2) is 9.97 Å². The van der Waals surface area contributed by atoms with Gasteiger partial charge in [-0.3, -0.25) is 9.55 Å². The van der Waals surface area contributed by atoms with E-state index in [1.54, 1.807) is 0 Å². The van der Waals surface area contributed by atoms with Crippen LogP contribution in [0.1, 0.15) is 23.5 Å². The predicted octanol–water partition coefficient (Wildman–Crippen LogP) is 11.0. The third-order valence-electron chi connectivity index (χ3n) is 11.5. The number of fused-ring (bicyclic) bond motifs is 6. The summed E-state index contributed by atoms with van der Waals surface area (Å²) in [7, 11) is 0. The Balaban J connectivity index is 0.917. The number of hydrogen-bond acceptors (Lipinski definition) is 3. The van der Waals surface area contributed by atoms with Crippen molar-refractivity contribution < 1.29 is 0 Å². The van der Waals surface area contributed by atoms with E-state index in [9.17, 15) is 0 Å². The zero-order valence-electron chi connectivity index (χ0n) is 31.4. The first-order valence-corrected chi connectivity index (χ1v) is 19.5. The van der Waals surface area contributed by atoms with Gasteiger partial charge in [-0.05, 0) is 78.1 Å². The van der Waals surface area contributed by atoms with E-state index in [0.29, 0.717) is 5.95 Å². The molecule has 1 unspecified atom stereocenters. The maximum atomic E-state index is 4.96. The van der Waals surface area contributed by atoms with E-state index in [1.165, 1.54) is 49.2 Å². The Hall–Kier alpha value is -7.37. The van der Waals surface area contributed by atoms with Gasteiger partial charge >= 0.3 is 0 Å². The SMILES string of the molecule is Cc1cc(-c2ccccc2)cnc1-c1ccc(-c2cnc(-n3c4c(c5ccccc53)=CC(c3ccc5c(c3)c3ccccc3n5-c3ccccc3)CC=4)nc2)cc1. The van der Waals surface area contributed by atoms with E-state index in [2.05, 4.69) is 180 Å². The molecule has 0 saturated heterocycles. The van der Waals surface area contributed by atoms with Crippen LogP contribution in [0.2, 0.25) is 0 Å². The minimum Gasteiger partial charge on any atom is -0.309 e. The highest BCUT2D eigenvalue weighted by Gasteiger charge is 2.20. The third kappa shape index (κ3) is 5.58. The molecular weight excluding hydrogens is 695 g/mol. The van der Waals surface area contributed by atoms with Crippen LogP contribution < -0.4 is 10.6 Å². The zero-order valence-corrected chi connectivity index (χ0v) is 31.4. The van der Waals surface area contributed by atoms with Gasteiger partial charge in [0.15, 0.2) is 0 Å². The quantitative estimate of drug-likeness (QED) is 0.171. The number of aromatic nitrogens is 5. The molecule has 6 aromatic carbocycles. The minimum atomic E-state index is 0.243. The van der Waals surface area contributed by atoms with Crippen LogP contribution in [-0.4, -0.2) is 24.1 Å². The van der Waals surface area contributed by atoms with Crippen LogP contribution in [0.3, 0.4) is 0 Å². The smallest absolute Gasteiger partial charge is 0.234 e. The molecule has 1 aliphatic carbocycles. The van der Waals surface area contributed by atoms with Crippen molar-refractivity contribution in [2.24, 2.45) is 0 Å². The van der Waals surface area contributed by atoms with Gasteiger partial charge < -0.3 is 4.57 Å². The first-order valence-electron chi connectivity index (χ1n) is 19.5. The summed E-state index contributed by atoms with van der Waals surface area (Å²) < 4.78 is 4.59. The van der Waals surface area contributed by atoms with Gasteiger partial charge in [0.05, 0.1) is 27.6 Å². The van der Waals surface area contributed by atoms with Crippen LogP contribution in [0, 0.1) is 6.92 Å². The second-order valence-electron chi connectivity index (χ2n) is 14.9. The standard InChI is InChI=1S/C52H37N5/c1-34-28-40(35-12-4-2-5-13-35)31-53-51(34)37-22-20-36(21-23-37)41-32-54-52(55-33-41)57-48-19-11-9-17-44(48)46-30-39(25-27-50(46)57)38-24-26-49-45(29-38)43-16-8-10-18-47(43)56(49)42-14-6-3-7-15-42/h2-24,26-33,39H,25H2,1H3. The maximum absolute atomic E-state index is 4.96. The number of hydrogen-bond donors (Lipinski definition) is 0. The lowest BCUT2D eigenvalue weighted by Gasteiger charge is -2.15. The van der Waals surface area contributed by atoms with Crippen LogP contribution in [-0.2, 0) is 0 Å². The van der Waals surface area contributed by atoms with Crippen molar-refractivity contribution in [2.75, 3.05) is 0 Å². The van der Waals surface area contributed by atoms with Crippen LogP contribution in [0.5, 0.6) is 0 Å². The number of pyridine rings is 1. The first-order chi connectivity index (χ1) is 28.2. The van der Waals surface area contributed by atoms with E-state index in [4.69, 9.17) is 15.0 Å². The number of aryl methyl sites for hydroxylation is 1. The highest BCUT2D eigenvalue weighted by Crippen LogP contribution is 2.36. The van der Waals surface area contributed by atoms with Crippen LogP contribution >= 0.6 is 0 Å². The van der Waals surface area contributed by atoms with E-state index in [-0.39, 0.29) is 5.92 Å². The highest BCUT2D eigenvalue weighted by atomic mass is 15.1. The van der Waals surface area contributed by atoms with Crippen molar-refractivity contribution >= 4 is 44.9 Å². The van der Waals surface area contributed by atoms with Gasteiger partial charge in [0.25, 0.3) is 0 Å². The molecule has 0 aliphatic heterocycles. The molecule has 0 saturated carbocycles. The predicted molar refractivity (Wildman–Crippen MR) is 234 cm³/mol. The van der Waals surface area contributed by atoms with Gasteiger partial charge in [-0.1, -0.05) is 127 Å². The topological polar surface area (TPSA) is 48.5 Å². The third-order valence-corrected chi connectivity index (χ3v) is 11.5. The molecule has 5 nitrogen and oxygen atoms in total. The first kappa shape index (κ1) is 33.0. The Morgan fingerprint density at radius 3 is 1.86 bits per heavy atom. The fourth-order valence-electron chi connectivity index (χ4n) is 8.76. The van der Waals surface area contributed by atoms with Gasteiger partial charge in [0.1, 0.15) is 0 Å². The average molecular weight is 732 g/mol. The molecule has 0 N–H and O–H groups in total. The van der Waals surface area contributed by atoms with Crippen molar-refractivity contribution in [3.63, 3.8) is 0 Å². The molecular formula is C52H37N5. The molecule has 0 spiro atoms. The van der Waals surface area contributed by atoms with Crippen LogP contribution in [0.15, 0.2) is 176 Å². The molecule has 0 fully saturated rings. The molecule has 57 heavy (non-hydrogen) atoms. The summed E-state index contributed by atoms with van der Waals surface area (Å²) in [5, 5.41) is 6.14. The molecule has 10 aromatic rings. The molecule has 1 atom stereocenters. The molecule has 0 radical (unpaired) electrons. The van der Waals surface area contributed by atoms with Crippen molar-refractivity contribution in [1.29, 1.82) is 0 Å².